The molecule has 0 spiro atoms. The molecule has 0 bridgehead atoms. The van der Waals surface area contributed by atoms with Crippen molar-refractivity contribution in [1.82, 2.24) is 14.9 Å². The minimum absolute atomic E-state index is 0.00677. The molecule has 32 heavy (non-hydrogen) atoms. The molecule has 3 rings (SSSR count). The first-order valence-electron chi connectivity index (χ1n) is 10.5. The summed E-state index contributed by atoms with van der Waals surface area (Å²) >= 11 is 0. The van der Waals surface area contributed by atoms with E-state index in [0.29, 0.717) is 42.8 Å². The molecule has 2 aromatic heterocycles. The molecule has 3 heterocycles. The summed E-state index contributed by atoms with van der Waals surface area (Å²) in [6.07, 6.45) is -1.42. The Labute approximate surface area is 184 Å². The Balaban J connectivity index is 1.92. The number of carbonyl (C=O) groups is 1. The fraction of sp³-hybridized carbons (Fsp3) is 0.500. The van der Waals surface area contributed by atoms with Crippen LogP contribution in [0.3, 0.4) is 0 Å². The molecule has 10 heteroatoms. The average molecular weight is 451 g/mol. The van der Waals surface area contributed by atoms with Gasteiger partial charge in [-0.15, -0.1) is 0 Å². The molecule has 174 valence electrons. The molecule has 2 aromatic rings. The van der Waals surface area contributed by atoms with Crippen LogP contribution in [0.15, 0.2) is 29.2 Å². The Morgan fingerprint density at radius 3 is 2.72 bits per heavy atom. The van der Waals surface area contributed by atoms with Crippen LogP contribution < -0.4 is 15.8 Å². The van der Waals surface area contributed by atoms with E-state index in [1.165, 1.54) is 11.0 Å². The van der Waals surface area contributed by atoms with E-state index in [1.54, 1.807) is 25.3 Å². The Morgan fingerprint density at radius 1 is 1.28 bits per heavy atom. The number of nitrogens with one attached hydrogen (secondary N) is 2. The molecule has 1 saturated heterocycles. The highest BCUT2D eigenvalue weighted by atomic mass is 19.4. The number of rotatable bonds is 6. The zero-order chi connectivity index (χ0) is 23.5. The summed E-state index contributed by atoms with van der Waals surface area (Å²) in [5, 5.41) is 2.73. The molecule has 0 aliphatic carbocycles. The predicted octanol–water partition coefficient (Wildman–Crippen LogP) is 3.56. The summed E-state index contributed by atoms with van der Waals surface area (Å²) in [5.41, 5.74) is 1.34. The third-order valence-corrected chi connectivity index (χ3v) is 5.49. The van der Waals surface area contributed by atoms with Gasteiger partial charge in [-0.2, -0.15) is 13.2 Å². The van der Waals surface area contributed by atoms with Gasteiger partial charge in [-0.1, -0.05) is 0 Å². The molecule has 0 aromatic carbocycles. The summed E-state index contributed by atoms with van der Waals surface area (Å²) in [6, 6.07) is 2.91. The van der Waals surface area contributed by atoms with Crippen LogP contribution in [0.25, 0.3) is 11.1 Å². The van der Waals surface area contributed by atoms with Gasteiger partial charge in [0.05, 0.1) is 0 Å². The Bertz CT molecular complexity index is 1020. The maximum Gasteiger partial charge on any atom is 0.408 e. The normalized spacial score (nSPS) is 17.0. The summed E-state index contributed by atoms with van der Waals surface area (Å²) in [4.78, 5) is 34.4. The van der Waals surface area contributed by atoms with Crippen molar-refractivity contribution >= 4 is 17.5 Å². The Morgan fingerprint density at radius 2 is 2.03 bits per heavy atom. The van der Waals surface area contributed by atoms with Crippen molar-refractivity contribution < 1.29 is 18.0 Å². The number of carbonyl (C=O) groups excluding carboxylic acids is 1. The molecular weight excluding hydrogens is 423 g/mol. The summed E-state index contributed by atoms with van der Waals surface area (Å²) < 4.78 is 40.7. The number of alkyl halides is 3. The highest BCUT2D eigenvalue weighted by Crippen LogP contribution is 2.35. The lowest BCUT2D eigenvalue weighted by atomic mass is 10.00. The number of amides is 1. The lowest BCUT2D eigenvalue weighted by Gasteiger charge is -2.38. The lowest BCUT2D eigenvalue weighted by molar-refractivity contribution is -0.152. The van der Waals surface area contributed by atoms with Gasteiger partial charge >= 0.3 is 6.18 Å². The van der Waals surface area contributed by atoms with E-state index in [1.807, 2.05) is 19.0 Å². The zero-order valence-electron chi connectivity index (χ0n) is 18.4. The van der Waals surface area contributed by atoms with Gasteiger partial charge in [0.1, 0.15) is 17.7 Å². The van der Waals surface area contributed by atoms with Crippen molar-refractivity contribution in [2.75, 3.05) is 37.4 Å². The number of halogens is 3. The van der Waals surface area contributed by atoms with Gasteiger partial charge in [0.15, 0.2) is 0 Å². The van der Waals surface area contributed by atoms with Gasteiger partial charge in [-0.05, 0) is 69.1 Å². The number of hydrogen-bond donors (Lipinski definition) is 2. The Hall–Kier alpha value is -2.88. The molecule has 1 aliphatic heterocycles. The molecule has 7 nitrogen and oxygen atoms in total. The first kappa shape index (κ1) is 23.8. The molecule has 0 radical (unpaired) electrons. The highest BCUT2D eigenvalue weighted by Gasteiger charge is 2.45. The third kappa shape index (κ3) is 5.87. The fourth-order valence-electron chi connectivity index (χ4n) is 3.83. The van der Waals surface area contributed by atoms with Crippen LogP contribution in [0.5, 0.6) is 0 Å². The number of aromatic nitrogens is 2. The van der Waals surface area contributed by atoms with Crippen molar-refractivity contribution in [3.8, 4) is 11.1 Å². The van der Waals surface area contributed by atoms with E-state index in [4.69, 9.17) is 0 Å². The van der Waals surface area contributed by atoms with Crippen LogP contribution in [0.4, 0.5) is 24.8 Å². The van der Waals surface area contributed by atoms with Crippen molar-refractivity contribution in [1.29, 1.82) is 0 Å². The van der Waals surface area contributed by atoms with E-state index in [2.05, 4.69) is 15.3 Å². The molecule has 0 saturated carbocycles. The third-order valence-electron chi connectivity index (χ3n) is 5.49. The zero-order valence-corrected chi connectivity index (χ0v) is 18.4. The fourth-order valence-corrected chi connectivity index (χ4v) is 3.83. The second kappa shape index (κ2) is 9.72. The maximum absolute atomic E-state index is 13.6. The number of aryl methyl sites for hydroxylation is 1. The number of anilines is 2. The Kier molecular flexibility index (Phi) is 7.22. The first-order valence-corrected chi connectivity index (χ1v) is 10.5. The quantitative estimate of drug-likeness (QED) is 0.702. The van der Waals surface area contributed by atoms with E-state index in [9.17, 15) is 22.8 Å². The summed E-state index contributed by atoms with van der Waals surface area (Å²) in [5.74, 6) is 0.263. The minimum atomic E-state index is -4.39. The molecule has 1 fully saturated rings. The minimum Gasteiger partial charge on any atom is -0.346 e. The molecule has 1 amide bonds. The SMILES string of the molecule is Cc1cnc(NC(=O)CCN(C)C)cc1-c1cc(N2CCCC[C@@H]2C(F)(F)F)[nH]c(=O)c1. The van der Waals surface area contributed by atoms with Gasteiger partial charge in [-0.3, -0.25) is 9.59 Å². The van der Waals surface area contributed by atoms with Gasteiger partial charge < -0.3 is 20.1 Å². The predicted molar refractivity (Wildman–Crippen MR) is 118 cm³/mol. The summed E-state index contributed by atoms with van der Waals surface area (Å²) in [7, 11) is 3.73. The molecular formula is C22H28F3N5O2. The highest BCUT2D eigenvalue weighted by molar-refractivity contribution is 5.90. The van der Waals surface area contributed by atoms with Crippen molar-refractivity contribution in [3.05, 3.63) is 40.3 Å². The van der Waals surface area contributed by atoms with Crippen LogP contribution in [-0.4, -0.2) is 60.2 Å². The number of piperidine rings is 1. The van der Waals surface area contributed by atoms with Crippen molar-refractivity contribution in [2.24, 2.45) is 0 Å². The average Bonchev–Trinajstić information content (AvgIpc) is 2.72. The largest absolute Gasteiger partial charge is 0.408 e. The van der Waals surface area contributed by atoms with Crippen molar-refractivity contribution in [2.45, 2.75) is 44.8 Å². The van der Waals surface area contributed by atoms with Crippen LogP contribution in [0.1, 0.15) is 31.2 Å². The number of hydrogen-bond acceptors (Lipinski definition) is 5. The van der Waals surface area contributed by atoms with Crippen LogP contribution in [0.2, 0.25) is 0 Å². The smallest absolute Gasteiger partial charge is 0.346 e. The molecule has 0 unspecified atom stereocenters. The number of pyridine rings is 2. The van der Waals surface area contributed by atoms with E-state index >= 15 is 0 Å². The summed E-state index contributed by atoms with van der Waals surface area (Å²) in [6.45, 7) is 2.59. The topological polar surface area (TPSA) is 81.3 Å². The van der Waals surface area contributed by atoms with Gasteiger partial charge in [-0.25, -0.2) is 4.98 Å². The number of aromatic amines is 1. The van der Waals surface area contributed by atoms with Crippen LogP contribution in [0, 0.1) is 6.92 Å². The van der Waals surface area contributed by atoms with Gasteiger partial charge in [0.25, 0.3) is 0 Å². The monoisotopic (exact) mass is 451 g/mol. The standard InChI is InChI=1S/C22H28F3N5O2/c1-14-13-26-18(27-20(31)7-9-29(2)3)12-16(14)15-10-19(28-21(32)11-15)30-8-5-4-6-17(30)22(23,24)25/h10-13,17H,4-9H2,1-3H3,(H,28,32)(H,26,27,31)/t17-/m1/s1. The van der Waals surface area contributed by atoms with E-state index in [-0.39, 0.29) is 24.7 Å². The number of H-pyrrole nitrogens is 1. The second-order valence-corrected chi connectivity index (χ2v) is 8.35. The van der Waals surface area contributed by atoms with E-state index < -0.39 is 17.8 Å². The molecule has 1 aliphatic rings. The molecule has 1 atom stereocenters. The van der Waals surface area contributed by atoms with Crippen LogP contribution in [-0.2, 0) is 4.79 Å². The van der Waals surface area contributed by atoms with Crippen LogP contribution >= 0.6 is 0 Å². The van der Waals surface area contributed by atoms with Gasteiger partial charge in [0, 0.05) is 31.8 Å². The molecule has 2 N–H and O–H groups in total. The van der Waals surface area contributed by atoms with Gasteiger partial charge in [0.2, 0.25) is 11.5 Å². The maximum atomic E-state index is 13.6. The van der Waals surface area contributed by atoms with E-state index in [0.717, 1.165) is 5.56 Å². The first-order chi connectivity index (χ1) is 15.0. The lowest BCUT2D eigenvalue weighted by Crippen LogP contribution is -2.49. The second-order valence-electron chi connectivity index (χ2n) is 8.35. The van der Waals surface area contributed by atoms with Crippen molar-refractivity contribution in [3.63, 3.8) is 0 Å². The number of nitrogens with zero attached hydrogens (tertiary/aromatic N) is 3.